The molecule has 5 heteroatoms. The number of rotatable bonds is 0. The molecule has 0 amide bonds. The highest BCUT2D eigenvalue weighted by molar-refractivity contribution is 5.92. The van der Waals surface area contributed by atoms with Gasteiger partial charge >= 0.3 is 5.97 Å². The smallest absolute Gasteiger partial charge is 0.337 e. The van der Waals surface area contributed by atoms with Gasteiger partial charge in [-0.25, -0.2) is 4.79 Å². The normalized spacial score (nSPS) is 36.1. The molecule has 5 atom stereocenters. The molecule has 2 aromatic rings. The lowest BCUT2D eigenvalue weighted by Gasteiger charge is -2.49. The van der Waals surface area contributed by atoms with E-state index in [1.54, 1.807) is 6.26 Å². The maximum atomic E-state index is 12.4. The highest BCUT2D eigenvalue weighted by Crippen LogP contribution is 2.51. The Balaban J connectivity index is 1.52. The van der Waals surface area contributed by atoms with E-state index in [-0.39, 0.29) is 30.1 Å². The van der Waals surface area contributed by atoms with E-state index in [2.05, 4.69) is 41.1 Å². The van der Waals surface area contributed by atoms with Crippen LogP contribution in [0.4, 0.5) is 0 Å². The Kier molecular flexibility index (Phi) is 2.61. The molecule has 6 rings (SSSR count). The van der Waals surface area contributed by atoms with Crippen LogP contribution in [0.1, 0.15) is 24.2 Å². The van der Waals surface area contributed by atoms with Crippen molar-refractivity contribution >= 4 is 16.9 Å². The summed E-state index contributed by atoms with van der Waals surface area (Å²) in [4.78, 5) is 18.5. The average Bonchev–Trinajstić information content (AvgIpc) is 3.16. The summed E-state index contributed by atoms with van der Waals surface area (Å²) >= 11 is 0. The quantitative estimate of drug-likeness (QED) is 0.751. The van der Waals surface area contributed by atoms with Crippen molar-refractivity contribution < 1.29 is 14.3 Å². The molecular weight excluding hydrogens is 316 g/mol. The minimum absolute atomic E-state index is 0.115. The SMILES string of the molecule is C[C@H]1OC=C2C(=O)O[C@@H]3[C@H]2[C@@H]1CN1CCc2c([nH]c4ccccc24)[C@H]31. The number of piperidine rings is 1. The molecule has 2 fully saturated rings. The first-order valence-electron chi connectivity index (χ1n) is 9.12. The minimum atomic E-state index is -0.197. The van der Waals surface area contributed by atoms with Gasteiger partial charge in [-0.05, 0) is 25.0 Å². The van der Waals surface area contributed by atoms with Gasteiger partial charge in [-0.15, -0.1) is 0 Å². The molecule has 2 saturated heterocycles. The molecule has 0 bridgehead atoms. The van der Waals surface area contributed by atoms with Crippen LogP contribution in [0, 0.1) is 11.8 Å². The maximum absolute atomic E-state index is 12.4. The van der Waals surface area contributed by atoms with Crippen LogP contribution in [0.25, 0.3) is 10.9 Å². The van der Waals surface area contributed by atoms with Gasteiger partial charge in [0.05, 0.1) is 24.0 Å². The third-order valence-electron chi connectivity index (χ3n) is 6.61. The topological polar surface area (TPSA) is 54.6 Å². The molecule has 0 radical (unpaired) electrons. The lowest BCUT2D eigenvalue weighted by molar-refractivity contribution is -0.146. The third kappa shape index (κ3) is 1.69. The Morgan fingerprint density at radius 3 is 3.08 bits per heavy atom. The summed E-state index contributed by atoms with van der Waals surface area (Å²) in [7, 11) is 0. The first-order chi connectivity index (χ1) is 12.2. The van der Waals surface area contributed by atoms with E-state index in [1.807, 2.05) is 0 Å². The summed E-state index contributed by atoms with van der Waals surface area (Å²) in [5.74, 6) is 0.269. The molecule has 4 aliphatic heterocycles. The van der Waals surface area contributed by atoms with E-state index >= 15 is 0 Å². The van der Waals surface area contributed by atoms with Crippen LogP contribution in [0.2, 0.25) is 0 Å². The number of ether oxygens (including phenoxy) is 2. The van der Waals surface area contributed by atoms with Crippen molar-refractivity contribution in [1.29, 1.82) is 0 Å². The number of para-hydroxylation sites is 1. The van der Waals surface area contributed by atoms with E-state index < -0.39 is 0 Å². The van der Waals surface area contributed by atoms with E-state index in [4.69, 9.17) is 9.47 Å². The minimum Gasteiger partial charge on any atom is -0.497 e. The first-order valence-corrected chi connectivity index (χ1v) is 9.12. The van der Waals surface area contributed by atoms with Crippen molar-refractivity contribution in [3.05, 3.63) is 47.4 Å². The Morgan fingerprint density at radius 2 is 2.16 bits per heavy atom. The second-order valence-electron chi connectivity index (χ2n) is 7.73. The van der Waals surface area contributed by atoms with Gasteiger partial charge in [-0.2, -0.15) is 0 Å². The molecule has 1 N–H and O–H groups in total. The zero-order chi connectivity index (χ0) is 16.7. The first kappa shape index (κ1) is 14.0. The maximum Gasteiger partial charge on any atom is 0.337 e. The highest BCUT2D eigenvalue weighted by Gasteiger charge is 2.58. The fourth-order valence-corrected chi connectivity index (χ4v) is 5.44. The predicted molar refractivity (Wildman–Crippen MR) is 91.8 cm³/mol. The second-order valence-corrected chi connectivity index (χ2v) is 7.73. The number of carbonyl (C=O) groups excluding carboxylic acids is 1. The monoisotopic (exact) mass is 336 g/mol. The zero-order valence-corrected chi connectivity index (χ0v) is 14.1. The van der Waals surface area contributed by atoms with Gasteiger partial charge in [-0.3, -0.25) is 4.90 Å². The fourth-order valence-electron chi connectivity index (χ4n) is 5.44. The average molecular weight is 336 g/mol. The van der Waals surface area contributed by atoms with E-state index in [0.717, 1.165) is 25.1 Å². The number of carbonyl (C=O) groups is 1. The summed E-state index contributed by atoms with van der Waals surface area (Å²) in [6, 6.07) is 8.60. The third-order valence-corrected chi connectivity index (χ3v) is 6.61. The van der Waals surface area contributed by atoms with Gasteiger partial charge < -0.3 is 14.5 Å². The van der Waals surface area contributed by atoms with Crippen molar-refractivity contribution in [2.75, 3.05) is 13.1 Å². The number of H-pyrrole nitrogens is 1. The fraction of sp³-hybridized carbons (Fsp3) is 0.450. The molecule has 1 aromatic heterocycles. The molecule has 25 heavy (non-hydrogen) atoms. The van der Waals surface area contributed by atoms with Gasteiger partial charge in [0.25, 0.3) is 0 Å². The molecule has 5 nitrogen and oxygen atoms in total. The molecule has 0 spiro atoms. The molecular formula is C20H20N2O3. The van der Waals surface area contributed by atoms with E-state index in [9.17, 15) is 4.79 Å². The van der Waals surface area contributed by atoms with Crippen LogP contribution in [0.5, 0.6) is 0 Å². The molecule has 1 aromatic carbocycles. The molecule has 4 aliphatic rings. The number of nitrogens with zero attached hydrogens (tertiary/aromatic N) is 1. The Labute approximate surface area is 145 Å². The van der Waals surface area contributed by atoms with Gasteiger partial charge in [0.15, 0.2) is 0 Å². The van der Waals surface area contributed by atoms with E-state index in [1.165, 1.54) is 22.2 Å². The standard InChI is InChI=1S/C20H20N2O3/c1-10-13-8-22-7-6-12-11-4-2-3-5-15(11)21-17(12)18(22)19-16(13)14(9-24-10)20(23)25-19/h2-5,9-10,13,16,18-19,21H,6-8H2,1H3/t10-,13-,16+,18-,19-/m1/s1. The number of aromatic nitrogens is 1. The Bertz CT molecular complexity index is 930. The number of hydrogen-bond donors (Lipinski definition) is 1. The van der Waals surface area contributed by atoms with Crippen molar-refractivity contribution in [2.24, 2.45) is 11.8 Å². The molecule has 0 unspecified atom stereocenters. The van der Waals surface area contributed by atoms with Crippen molar-refractivity contribution in [1.82, 2.24) is 9.88 Å². The summed E-state index contributed by atoms with van der Waals surface area (Å²) in [6.07, 6.45) is 2.69. The van der Waals surface area contributed by atoms with Crippen LogP contribution in [0.3, 0.4) is 0 Å². The van der Waals surface area contributed by atoms with Crippen LogP contribution < -0.4 is 0 Å². The second kappa shape index (κ2) is 4.67. The predicted octanol–water partition coefficient (Wildman–Crippen LogP) is 2.54. The summed E-state index contributed by atoms with van der Waals surface area (Å²) in [5, 5.41) is 1.31. The van der Waals surface area contributed by atoms with Gasteiger partial charge in [0.2, 0.25) is 0 Å². The summed E-state index contributed by atoms with van der Waals surface area (Å²) in [5.41, 5.74) is 4.54. The summed E-state index contributed by atoms with van der Waals surface area (Å²) in [6.45, 7) is 4.06. The molecule has 128 valence electrons. The lowest BCUT2D eigenvalue weighted by Crippen LogP contribution is -2.56. The van der Waals surface area contributed by atoms with Gasteiger partial charge in [0, 0.05) is 41.5 Å². The largest absolute Gasteiger partial charge is 0.497 e. The van der Waals surface area contributed by atoms with Crippen LogP contribution in [-0.4, -0.2) is 41.2 Å². The van der Waals surface area contributed by atoms with Crippen LogP contribution in [0.15, 0.2) is 36.1 Å². The number of nitrogens with one attached hydrogen (secondary N) is 1. The van der Waals surface area contributed by atoms with Gasteiger partial charge in [-0.1, -0.05) is 18.2 Å². The number of benzene rings is 1. The summed E-state index contributed by atoms with van der Waals surface area (Å²) < 4.78 is 11.6. The van der Waals surface area contributed by atoms with Crippen LogP contribution in [-0.2, 0) is 20.7 Å². The van der Waals surface area contributed by atoms with E-state index in [0.29, 0.717) is 5.92 Å². The van der Waals surface area contributed by atoms with Gasteiger partial charge in [0.1, 0.15) is 6.10 Å². The zero-order valence-electron chi connectivity index (χ0n) is 14.1. The van der Waals surface area contributed by atoms with Crippen LogP contribution >= 0.6 is 0 Å². The number of aromatic amines is 1. The van der Waals surface area contributed by atoms with Crippen molar-refractivity contribution in [3.63, 3.8) is 0 Å². The number of fused-ring (bicyclic) bond motifs is 6. The number of esters is 1. The van der Waals surface area contributed by atoms with Crippen molar-refractivity contribution in [3.8, 4) is 0 Å². The molecule has 5 heterocycles. The Hall–Kier alpha value is -2.27. The molecule has 0 aliphatic carbocycles. The van der Waals surface area contributed by atoms with Crippen molar-refractivity contribution in [2.45, 2.75) is 31.6 Å². The molecule has 0 saturated carbocycles. The highest BCUT2D eigenvalue weighted by atomic mass is 16.6. The Morgan fingerprint density at radius 1 is 1.28 bits per heavy atom. The number of hydrogen-bond acceptors (Lipinski definition) is 4. The lowest BCUT2D eigenvalue weighted by atomic mass is 9.72.